The minimum atomic E-state index is 0.367. The van der Waals surface area contributed by atoms with E-state index in [1.54, 1.807) is 0 Å². The maximum atomic E-state index is 5.87. The monoisotopic (exact) mass is 270 g/mol. The van der Waals surface area contributed by atoms with Gasteiger partial charge in [0.15, 0.2) is 0 Å². The fourth-order valence-corrected chi connectivity index (χ4v) is 3.36. The molecule has 0 aromatic carbocycles. The molecule has 0 aliphatic carbocycles. The first kappa shape index (κ1) is 16.9. The van der Waals surface area contributed by atoms with Crippen LogP contribution < -0.4 is 5.32 Å². The van der Waals surface area contributed by atoms with Gasteiger partial charge in [-0.3, -0.25) is 4.90 Å². The summed E-state index contributed by atoms with van der Waals surface area (Å²) in [6.07, 6.45) is 5.71. The normalized spacial score (nSPS) is 28.3. The second kappa shape index (κ2) is 8.93. The Morgan fingerprint density at radius 2 is 1.74 bits per heavy atom. The number of rotatable bonds is 8. The highest BCUT2D eigenvalue weighted by atomic mass is 16.5. The van der Waals surface area contributed by atoms with Crippen molar-refractivity contribution in [1.29, 1.82) is 0 Å². The predicted octanol–water partition coefficient (Wildman–Crippen LogP) is 3.04. The van der Waals surface area contributed by atoms with Crippen LogP contribution in [0.15, 0.2) is 0 Å². The lowest BCUT2D eigenvalue weighted by molar-refractivity contribution is -0.0850. The largest absolute Gasteiger partial charge is 0.373 e. The lowest BCUT2D eigenvalue weighted by Gasteiger charge is -2.43. The van der Waals surface area contributed by atoms with Crippen molar-refractivity contribution in [3.05, 3.63) is 0 Å². The highest BCUT2D eigenvalue weighted by Crippen LogP contribution is 2.19. The van der Waals surface area contributed by atoms with Gasteiger partial charge < -0.3 is 10.1 Å². The van der Waals surface area contributed by atoms with Crippen molar-refractivity contribution in [2.45, 2.75) is 84.6 Å². The highest BCUT2D eigenvalue weighted by molar-refractivity contribution is 4.87. The summed E-state index contributed by atoms with van der Waals surface area (Å²) in [7, 11) is 0. The first-order chi connectivity index (χ1) is 9.12. The van der Waals surface area contributed by atoms with Crippen molar-refractivity contribution in [2.24, 2.45) is 0 Å². The van der Waals surface area contributed by atoms with Gasteiger partial charge in [-0.25, -0.2) is 0 Å². The van der Waals surface area contributed by atoms with Gasteiger partial charge in [0.2, 0.25) is 0 Å². The average molecular weight is 270 g/mol. The molecule has 0 aromatic heterocycles. The number of ether oxygens (including phenoxy) is 1. The molecule has 1 rings (SSSR count). The van der Waals surface area contributed by atoms with Crippen LogP contribution in [0.5, 0.6) is 0 Å². The molecule has 4 atom stereocenters. The summed E-state index contributed by atoms with van der Waals surface area (Å²) in [4.78, 5) is 2.65. The van der Waals surface area contributed by atoms with Crippen LogP contribution in [0.25, 0.3) is 0 Å². The molecular weight excluding hydrogens is 236 g/mol. The molecule has 0 bridgehead atoms. The van der Waals surface area contributed by atoms with Gasteiger partial charge >= 0.3 is 0 Å². The summed E-state index contributed by atoms with van der Waals surface area (Å²) < 4.78 is 5.87. The molecule has 0 spiro atoms. The van der Waals surface area contributed by atoms with Gasteiger partial charge in [-0.15, -0.1) is 0 Å². The van der Waals surface area contributed by atoms with Gasteiger partial charge in [0.1, 0.15) is 0 Å². The minimum Gasteiger partial charge on any atom is -0.373 e. The lowest BCUT2D eigenvalue weighted by atomic mass is 9.97. The second-order valence-corrected chi connectivity index (χ2v) is 6.04. The average Bonchev–Trinajstić information content (AvgIpc) is 2.35. The molecule has 1 aliphatic heterocycles. The van der Waals surface area contributed by atoms with Crippen LogP contribution >= 0.6 is 0 Å². The van der Waals surface area contributed by atoms with Crippen molar-refractivity contribution in [3.8, 4) is 0 Å². The van der Waals surface area contributed by atoms with Crippen molar-refractivity contribution < 1.29 is 4.74 Å². The molecular formula is C16H34N2O. The van der Waals surface area contributed by atoms with Gasteiger partial charge in [-0.05, 0) is 39.7 Å². The van der Waals surface area contributed by atoms with Crippen LogP contribution in [0.3, 0.4) is 0 Å². The number of morpholine rings is 1. The summed E-state index contributed by atoms with van der Waals surface area (Å²) in [6, 6.07) is 1.28. The third-order valence-electron chi connectivity index (χ3n) is 4.06. The Morgan fingerprint density at radius 3 is 2.21 bits per heavy atom. The standard InChI is InChI=1S/C16H34N2O/c1-6-9-15(17-10-7-2)16(8-3)18-11-13(4)19-14(5)12-18/h13-17H,6-12H2,1-5H3/t13-,14+,15?,16?. The molecule has 0 saturated carbocycles. The first-order valence-corrected chi connectivity index (χ1v) is 8.25. The molecule has 1 saturated heterocycles. The van der Waals surface area contributed by atoms with Crippen LogP contribution in [0.4, 0.5) is 0 Å². The van der Waals surface area contributed by atoms with Gasteiger partial charge in [0.05, 0.1) is 12.2 Å². The Morgan fingerprint density at radius 1 is 1.11 bits per heavy atom. The summed E-state index contributed by atoms with van der Waals surface area (Å²) in [5.74, 6) is 0. The van der Waals surface area contributed by atoms with E-state index in [1.807, 2.05) is 0 Å². The zero-order chi connectivity index (χ0) is 14.3. The van der Waals surface area contributed by atoms with E-state index in [-0.39, 0.29) is 0 Å². The summed E-state index contributed by atoms with van der Waals surface area (Å²) in [5.41, 5.74) is 0. The molecule has 2 unspecified atom stereocenters. The minimum absolute atomic E-state index is 0.367. The Balaban J connectivity index is 2.65. The maximum Gasteiger partial charge on any atom is 0.0678 e. The number of hydrogen-bond acceptors (Lipinski definition) is 3. The Labute approximate surface area is 120 Å². The van der Waals surface area contributed by atoms with Gasteiger partial charge in [0, 0.05) is 25.2 Å². The molecule has 0 amide bonds. The van der Waals surface area contributed by atoms with Crippen molar-refractivity contribution in [1.82, 2.24) is 10.2 Å². The van der Waals surface area contributed by atoms with E-state index in [0.717, 1.165) is 19.6 Å². The topological polar surface area (TPSA) is 24.5 Å². The third-order valence-corrected chi connectivity index (χ3v) is 4.06. The van der Waals surface area contributed by atoms with Crippen LogP contribution in [-0.4, -0.2) is 48.8 Å². The molecule has 3 nitrogen and oxygen atoms in total. The van der Waals surface area contributed by atoms with E-state index in [1.165, 1.54) is 25.7 Å². The second-order valence-electron chi connectivity index (χ2n) is 6.04. The SMILES string of the molecule is CCCNC(CCC)C(CC)N1C[C@@H](C)O[C@@H](C)C1. The Kier molecular flexibility index (Phi) is 7.96. The third kappa shape index (κ3) is 5.41. The van der Waals surface area contributed by atoms with E-state index in [0.29, 0.717) is 24.3 Å². The summed E-state index contributed by atoms with van der Waals surface area (Å²) in [6.45, 7) is 14.6. The number of nitrogens with zero attached hydrogens (tertiary/aromatic N) is 1. The fraction of sp³-hybridized carbons (Fsp3) is 1.00. The highest BCUT2D eigenvalue weighted by Gasteiger charge is 2.31. The van der Waals surface area contributed by atoms with E-state index in [2.05, 4.69) is 44.8 Å². The summed E-state index contributed by atoms with van der Waals surface area (Å²) in [5, 5.41) is 3.77. The lowest BCUT2D eigenvalue weighted by Crippen LogP contribution is -2.56. The maximum absolute atomic E-state index is 5.87. The van der Waals surface area contributed by atoms with E-state index < -0.39 is 0 Å². The number of nitrogens with one attached hydrogen (secondary N) is 1. The van der Waals surface area contributed by atoms with Crippen LogP contribution in [0, 0.1) is 0 Å². The molecule has 1 N–H and O–H groups in total. The van der Waals surface area contributed by atoms with Gasteiger partial charge in [-0.2, -0.15) is 0 Å². The zero-order valence-corrected chi connectivity index (χ0v) is 13.6. The Bertz CT molecular complexity index is 225. The van der Waals surface area contributed by atoms with Gasteiger partial charge in [0.25, 0.3) is 0 Å². The molecule has 1 heterocycles. The molecule has 19 heavy (non-hydrogen) atoms. The van der Waals surface area contributed by atoms with Crippen molar-refractivity contribution >= 4 is 0 Å². The molecule has 1 fully saturated rings. The number of hydrogen-bond donors (Lipinski definition) is 1. The molecule has 0 aromatic rings. The smallest absolute Gasteiger partial charge is 0.0678 e. The fourth-order valence-electron chi connectivity index (χ4n) is 3.36. The quantitative estimate of drug-likeness (QED) is 0.734. The van der Waals surface area contributed by atoms with Crippen LogP contribution in [0.2, 0.25) is 0 Å². The predicted molar refractivity (Wildman–Crippen MR) is 82.7 cm³/mol. The van der Waals surface area contributed by atoms with Crippen LogP contribution in [-0.2, 0) is 4.74 Å². The molecule has 3 heteroatoms. The van der Waals surface area contributed by atoms with Crippen LogP contribution in [0.1, 0.15) is 60.3 Å². The molecule has 1 aliphatic rings. The van der Waals surface area contributed by atoms with E-state index in [4.69, 9.17) is 4.74 Å². The van der Waals surface area contributed by atoms with Crippen molar-refractivity contribution in [2.75, 3.05) is 19.6 Å². The van der Waals surface area contributed by atoms with E-state index >= 15 is 0 Å². The van der Waals surface area contributed by atoms with Crippen molar-refractivity contribution in [3.63, 3.8) is 0 Å². The Hall–Kier alpha value is -0.120. The van der Waals surface area contributed by atoms with Gasteiger partial charge in [-0.1, -0.05) is 27.2 Å². The first-order valence-electron chi connectivity index (χ1n) is 8.25. The summed E-state index contributed by atoms with van der Waals surface area (Å²) >= 11 is 0. The van der Waals surface area contributed by atoms with E-state index in [9.17, 15) is 0 Å². The zero-order valence-electron chi connectivity index (χ0n) is 13.6. The molecule has 0 radical (unpaired) electrons. The molecule has 114 valence electrons.